The second-order valence-corrected chi connectivity index (χ2v) is 6.40. The molecule has 0 aliphatic heterocycles. The number of sulfonamides is 1. The first-order chi connectivity index (χ1) is 9.47. The van der Waals surface area contributed by atoms with Crippen LogP contribution in [-0.2, 0) is 16.4 Å². The zero-order valence-electron chi connectivity index (χ0n) is 10.6. The lowest BCUT2D eigenvalue weighted by molar-refractivity contribution is 0.581. The number of nitrogens with one attached hydrogen (secondary N) is 1. The van der Waals surface area contributed by atoms with Crippen molar-refractivity contribution in [3.05, 3.63) is 53.2 Å². The molecule has 0 atom stereocenters. The lowest BCUT2D eigenvalue weighted by Gasteiger charge is -2.07. The van der Waals surface area contributed by atoms with Crippen molar-refractivity contribution >= 4 is 27.4 Å². The zero-order chi connectivity index (χ0) is 14.6. The van der Waals surface area contributed by atoms with Gasteiger partial charge in [0.1, 0.15) is 10.7 Å². The van der Waals surface area contributed by atoms with Crippen molar-refractivity contribution in [2.75, 3.05) is 12.3 Å². The van der Waals surface area contributed by atoms with Gasteiger partial charge < -0.3 is 5.73 Å². The second-order valence-electron chi connectivity index (χ2n) is 4.20. The minimum absolute atomic E-state index is 0.0952. The van der Waals surface area contributed by atoms with E-state index in [-0.39, 0.29) is 17.3 Å². The van der Waals surface area contributed by atoms with E-state index in [1.165, 1.54) is 18.3 Å². The van der Waals surface area contributed by atoms with Crippen molar-refractivity contribution in [2.24, 2.45) is 0 Å². The topological polar surface area (TPSA) is 85.1 Å². The van der Waals surface area contributed by atoms with Gasteiger partial charge in [-0.3, -0.25) is 0 Å². The molecule has 0 bridgehead atoms. The number of benzene rings is 1. The molecule has 0 amide bonds. The predicted molar refractivity (Wildman–Crippen MR) is 79.0 cm³/mol. The summed E-state index contributed by atoms with van der Waals surface area (Å²) in [5.41, 5.74) is 6.39. The third-order valence-electron chi connectivity index (χ3n) is 2.66. The van der Waals surface area contributed by atoms with Gasteiger partial charge >= 0.3 is 0 Å². The van der Waals surface area contributed by atoms with Gasteiger partial charge in [0.25, 0.3) is 0 Å². The maximum absolute atomic E-state index is 12.0. The Hall–Kier alpha value is -1.63. The summed E-state index contributed by atoms with van der Waals surface area (Å²) < 4.78 is 26.5. The molecule has 5 nitrogen and oxygen atoms in total. The Kier molecular flexibility index (Phi) is 4.59. The van der Waals surface area contributed by atoms with Gasteiger partial charge in [-0.2, -0.15) is 0 Å². The van der Waals surface area contributed by atoms with Crippen LogP contribution < -0.4 is 10.5 Å². The number of pyridine rings is 1. The van der Waals surface area contributed by atoms with Crippen molar-refractivity contribution in [3.63, 3.8) is 0 Å². The first kappa shape index (κ1) is 14.8. The van der Waals surface area contributed by atoms with E-state index in [1.54, 1.807) is 12.1 Å². The minimum Gasteiger partial charge on any atom is -0.384 e. The molecular weight excluding hydrogens is 298 g/mol. The summed E-state index contributed by atoms with van der Waals surface area (Å²) in [7, 11) is -3.56. The molecule has 1 heterocycles. The Bertz CT molecular complexity index is 687. The molecule has 0 fully saturated rings. The quantitative estimate of drug-likeness (QED) is 0.882. The monoisotopic (exact) mass is 311 g/mol. The number of rotatable bonds is 5. The molecule has 1 aromatic heterocycles. The van der Waals surface area contributed by atoms with Crippen molar-refractivity contribution in [3.8, 4) is 0 Å². The van der Waals surface area contributed by atoms with Gasteiger partial charge in [-0.05, 0) is 36.2 Å². The largest absolute Gasteiger partial charge is 0.384 e. The Labute approximate surface area is 122 Å². The van der Waals surface area contributed by atoms with E-state index in [1.807, 2.05) is 12.1 Å². The number of hydrogen-bond donors (Lipinski definition) is 2. The Morgan fingerprint density at radius 3 is 2.70 bits per heavy atom. The molecule has 0 unspecified atom stereocenters. The highest BCUT2D eigenvalue weighted by atomic mass is 35.5. The first-order valence-corrected chi connectivity index (χ1v) is 7.79. The summed E-state index contributed by atoms with van der Waals surface area (Å²) in [6, 6.07) is 10.2. The maximum atomic E-state index is 12.0. The van der Waals surface area contributed by atoms with Crippen LogP contribution in [0.1, 0.15) is 5.56 Å². The summed E-state index contributed by atoms with van der Waals surface area (Å²) in [4.78, 5) is 3.86. The highest BCUT2D eigenvalue weighted by Crippen LogP contribution is 2.12. The van der Waals surface area contributed by atoms with Crippen LogP contribution in [0.4, 0.5) is 5.82 Å². The lowest BCUT2D eigenvalue weighted by atomic mass is 10.2. The van der Waals surface area contributed by atoms with Gasteiger partial charge in [-0.15, -0.1) is 0 Å². The standard InChI is InChI=1S/C13H14ClN3O2S/c14-11-3-1-2-10(8-11)6-7-17-20(18,19)12-4-5-13(15)16-9-12/h1-5,8-9,17H,6-7H2,(H2,15,16). The highest BCUT2D eigenvalue weighted by Gasteiger charge is 2.13. The van der Waals surface area contributed by atoms with Gasteiger partial charge in [0, 0.05) is 17.8 Å². The Morgan fingerprint density at radius 2 is 2.05 bits per heavy atom. The molecule has 3 N–H and O–H groups in total. The molecule has 0 radical (unpaired) electrons. The van der Waals surface area contributed by atoms with Gasteiger partial charge in [0.2, 0.25) is 10.0 Å². The summed E-state index contributed by atoms with van der Waals surface area (Å²) >= 11 is 5.87. The first-order valence-electron chi connectivity index (χ1n) is 5.93. The van der Waals surface area contributed by atoms with E-state index in [9.17, 15) is 8.42 Å². The summed E-state index contributed by atoms with van der Waals surface area (Å²) in [5.74, 6) is 0.280. The molecule has 0 spiro atoms. The normalized spacial score (nSPS) is 11.4. The fourth-order valence-electron chi connectivity index (χ4n) is 1.66. The number of anilines is 1. The number of halogens is 1. The van der Waals surface area contributed by atoms with Crippen LogP contribution in [0.25, 0.3) is 0 Å². The van der Waals surface area contributed by atoms with E-state index in [4.69, 9.17) is 17.3 Å². The predicted octanol–water partition coefficient (Wildman–Crippen LogP) is 1.84. The van der Waals surface area contributed by atoms with E-state index in [0.29, 0.717) is 11.4 Å². The minimum atomic E-state index is -3.56. The van der Waals surface area contributed by atoms with Crippen LogP contribution in [0.3, 0.4) is 0 Å². The average Bonchev–Trinajstić information content (AvgIpc) is 2.39. The average molecular weight is 312 g/mol. The van der Waals surface area contributed by atoms with Crippen LogP contribution in [0, 0.1) is 0 Å². The van der Waals surface area contributed by atoms with Crippen LogP contribution in [-0.4, -0.2) is 19.9 Å². The Morgan fingerprint density at radius 1 is 1.25 bits per heavy atom. The molecule has 0 saturated carbocycles. The van der Waals surface area contributed by atoms with Gasteiger partial charge in [0.05, 0.1) is 0 Å². The zero-order valence-corrected chi connectivity index (χ0v) is 12.2. The number of nitrogens with two attached hydrogens (primary N) is 1. The van der Waals surface area contributed by atoms with Crippen LogP contribution in [0.5, 0.6) is 0 Å². The highest BCUT2D eigenvalue weighted by molar-refractivity contribution is 7.89. The number of hydrogen-bond acceptors (Lipinski definition) is 4. The molecular formula is C13H14ClN3O2S. The maximum Gasteiger partial charge on any atom is 0.242 e. The smallest absolute Gasteiger partial charge is 0.242 e. The lowest BCUT2D eigenvalue weighted by Crippen LogP contribution is -2.26. The molecule has 1 aromatic carbocycles. The van der Waals surface area contributed by atoms with E-state index in [2.05, 4.69) is 9.71 Å². The van der Waals surface area contributed by atoms with Crippen LogP contribution >= 0.6 is 11.6 Å². The van der Waals surface area contributed by atoms with Gasteiger partial charge in [0.15, 0.2) is 0 Å². The van der Waals surface area contributed by atoms with E-state index in [0.717, 1.165) is 5.56 Å². The van der Waals surface area contributed by atoms with Crippen LogP contribution in [0.15, 0.2) is 47.5 Å². The Balaban J connectivity index is 1.98. The number of nitrogens with zero attached hydrogens (tertiary/aromatic N) is 1. The summed E-state index contributed by atoms with van der Waals surface area (Å²) in [6.07, 6.45) is 1.79. The molecule has 7 heteroatoms. The molecule has 2 aromatic rings. The number of aromatic nitrogens is 1. The molecule has 0 aliphatic carbocycles. The SMILES string of the molecule is Nc1ccc(S(=O)(=O)NCCc2cccc(Cl)c2)cn1. The summed E-state index contributed by atoms with van der Waals surface area (Å²) in [6.45, 7) is 0.285. The third kappa shape index (κ3) is 3.93. The van der Waals surface area contributed by atoms with Crippen LogP contribution in [0.2, 0.25) is 5.02 Å². The van der Waals surface area contributed by atoms with Crippen molar-refractivity contribution in [1.82, 2.24) is 9.71 Å². The van der Waals surface area contributed by atoms with Crippen molar-refractivity contribution < 1.29 is 8.42 Å². The van der Waals surface area contributed by atoms with E-state index >= 15 is 0 Å². The van der Waals surface area contributed by atoms with E-state index < -0.39 is 10.0 Å². The molecule has 20 heavy (non-hydrogen) atoms. The molecule has 0 aliphatic rings. The molecule has 106 valence electrons. The van der Waals surface area contributed by atoms with Crippen molar-refractivity contribution in [2.45, 2.75) is 11.3 Å². The molecule has 0 saturated heterocycles. The summed E-state index contributed by atoms with van der Waals surface area (Å²) in [5, 5.41) is 0.632. The van der Waals surface area contributed by atoms with Gasteiger partial charge in [-0.25, -0.2) is 18.1 Å². The fraction of sp³-hybridized carbons (Fsp3) is 0.154. The second kappa shape index (κ2) is 6.21. The fourth-order valence-corrected chi connectivity index (χ4v) is 2.85. The molecule has 2 rings (SSSR count). The van der Waals surface area contributed by atoms with Crippen molar-refractivity contribution in [1.29, 1.82) is 0 Å². The van der Waals surface area contributed by atoms with Gasteiger partial charge in [-0.1, -0.05) is 23.7 Å². The third-order valence-corrected chi connectivity index (χ3v) is 4.35. The number of nitrogen functional groups attached to an aromatic ring is 1.